The van der Waals surface area contributed by atoms with Crippen LogP contribution in [0, 0.1) is 0 Å². The number of benzene rings is 2. The minimum absolute atomic E-state index is 0.0665. The van der Waals surface area contributed by atoms with Crippen LogP contribution in [0.15, 0.2) is 64.8 Å². The minimum atomic E-state index is -0.614. The van der Waals surface area contributed by atoms with Gasteiger partial charge in [0.1, 0.15) is 24.7 Å². The number of hydrogen-bond acceptors (Lipinski definition) is 4. The maximum atomic E-state index is 12.2. The first-order valence-electron chi connectivity index (χ1n) is 7.64. The van der Waals surface area contributed by atoms with E-state index in [1.807, 2.05) is 54.6 Å². The summed E-state index contributed by atoms with van der Waals surface area (Å²) in [5.74, 6) is -0.284. The van der Waals surface area contributed by atoms with E-state index in [-0.39, 0.29) is 24.8 Å². The zero-order valence-electron chi connectivity index (χ0n) is 13.7. The lowest BCUT2D eigenvalue weighted by atomic mass is 10.2. The predicted molar refractivity (Wildman–Crippen MR) is 98.8 cm³/mol. The highest BCUT2D eigenvalue weighted by atomic mass is 79.9. The first-order chi connectivity index (χ1) is 12.0. The fraction of sp³-hybridized carbons (Fsp3) is 0.158. The maximum absolute atomic E-state index is 12.2. The van der Waals surface area contributed by atoms with E-state index in [0.29, 0.717) is 5.75 Å². The molecular weight excluding hydrogens is 386 g/mol. The summed E-state index contributed by atoms with van der Waals surface area (Å²) in [4.78, 5) is 23.5. The second-order valence-corrected chi connectivity index (χ2v) is 6.01. The zero-order valence-corrected chi connectivity index (χ0v) is 15.3. The van der Waals surface area contributed by atoms with E-state index in [1.165, 1.54) is 6.92 Å². The maximum Gasteiger partial charge on any atom is 0.354 e. The Hall–Kier alpha value is -2.60. The van der Waals surface area contributed by atoms with Crippen molar-refractivity contribution in [3.8, 4) is 5.75 Å². The number of ether oxygens (including phenoxy) is 2. The molecule has 0 aliphatic heterocycles. The highest BCUT2D eigenvalue weighted by Crippen LogP contribution is 2.17. The minimum Gasteiger partial charge on any atom is -0.490 e. The Labute approximate surface area is 154 Å². The third-order valence-electron chi connectivity index (χ3n) is 3.02. The van der Waals surface area contributed by atoms with Crippen molar-refractivity contribution < 1.29 is 19.1 Å². The van der Waals surface area contributed by atoms with Crippen molar-refractivity contribution in [2.45, 2.75) is 6.92 Å². The molecule has 0 unspecified atom stereocenters. The Balaban J connectivity index is 1.91. The lowest BCUT2D eigenvalue weighted by Gasteiger charge is -2.10. The van der Waals surface area contributed by atoms with E-state index in [0.717, 1.165) is 10.0 Å². The molecule has 2 rings (SSSR count). The Morgan fingerprint density at radius 2 is 1.84 bits per heavy atom. The van der Waals surface area contributed by atoms with Crippen LogP contribution in [0.1, 0.15) is 12.5 Å². The number of nitrogens with one attached hydrogen (secondary N) is 1. The molecule has 2 aromatic rings. The Bertz CT molecular complexity index is 759. The molecule has 0 fully saturated rings. The van der Waals surface area contributed by atoms with Crippen LogP contribution in [0.5, 0.6) is 5.75 Å². The van der Waals surface area contributed by atoms with Crippen molar-refractivity contribution in [3.63, 3.8) is 0 Å². The summed E-state index contributed by atoms with van der Waals surface area (Å²) in [6.45, 7) is 1.61. The quantitative estimate of drug-likeness (QED) is 0.436. The number of rotatable bonds is 7. The second-order valence-electron chi connectivity index (χ2n) is 5.09. The third-order valence-corrected chi connectivity index (χ3v) is 3.52. The van der Waals surface area contributed by atoms with Gasteiger partial charge < -0.3 is 14.8 Å². The van der Waals surface area contributed by atoms with Gasteiger partial charge in [0.05, 0.1) is 0 Å². The van der Waals surface area contributed by atoms with Gasteiger partial charge in [-0.25, -0.2) is 4.79 Å². The highest BCUT2D eigenvalue weighted by molar-refractivity contribution is 9.10. The molecule has 0 aliphatic carbocycles. The van der Waals surface area contributed by atoms with Gasteiger partial charge in [0.15, 0.2) is 0 Å². The average Bonchev–Trinajstić information content (AvgIpc) is 2.58. The van der Waals surface area contributed by atoms with Gasteiger partial charge >= 0.3 is 5.97 Å². The number of hydrogen-bond donors (Lipinski definition) is 1. The predicted octanol–water partition coefficient (Wildman–Crippen LogP) is 3.55. The molecule has 25 heavy (non-hydrogen) atoms. The molecule has 0 aliphatic rings. The number of amides is 1. The van der Waals surface area contributed by atoms with Crippen molar-refractivity contribution in [3.05, 3.63) is 70.3 Å². The smallest absolute Gasteiger partial charge is 0.354 e. The topological polar surface area (TPSA) is 64.6 Å². The zero-order chi connectivity index (χ0) is 18.1. The van der Waals surface area contributed by atoms with Crippen LogP contribution < -0.4 is 10.1 Å². The largest absolute Gasteiger partial charge is 0.490 e. The van der Waals surface area contributed by atoms with E-state index in [2.05, 4.69) is 21.2 Å². The summed E-state index contributed by atoms with van der Waals surface area (Å²) >= 11 is 3.35. The van der Waals surface area contributed by atoms with Crippen molar-refractivity contribution in [2.75, 3.05) is 13.2 Å². The Morgan fingerprint density at radius 1 is 1.08 bits per heavy atom. The summed E-state index contributed by atoms with van der Waals surface area (Å²) < 4.78 is 11.6. The van der Waals surface area contributed by atoms with Crippen LogP contribution in [0.3, 0.4) is 0 Å². The summed E-state index contributed by atoms with van der Waals surface area (Å²) in [6.07, 6.45) is 1.57. The van der Waals surface area contributed by atoms with Crippen molar-refractivity contribution in [2.24, 2.45) is 0 Å². The van der Waals surface area contributed by atoms with E-state index < -0.39 is 5.97 Å². The fourth-order valence-corrected chi connectivity index (χ4v) is 2.36. The summed E-state index contributed by atoms with van der Waals surface area (Å²) in [5, 5.41) is 2.49. The standard InChI is InChI=1S/C19H18BrNO4/c1-14(22)21-18(12-15-6-3-2-4-7-15)19(23)25-11-10-24-17-9-5-8-16(20)13-17/h2-9,12-13H,10-11H2,1H3,(H,21,22)/b18-12-. The molecule has 1 N–H and O–H groups in total. The molecule has 0 saturated carbocycles. The van der Waals surface area contributed by atoms with Crippen LogP contribution in [0.25, 0.3) is 6.08 Å². The van der Waals surface area contributed by atoms with E-state index in [4.69, 9.17) is 9.47 Å². The van der Waals surface area contributed by atoms with Crippen LogP contribution in [0.2, 0.25) is 0 Å². The fourth-order valence-electron chi connectivity index (χ4n) is 1.98. The average molecular weight is 404 g/mol. The SMILES string of the molecule is CC(=O)N/C(=C\c1ccccc1)C(=O)OCCOc1cccc(Br)c1. The molecular formula is C19H18BrNO4. The summed E-state index contributed by atoms with van der Waals surface area (Å²) in [5.41, 5.74) is 0.870. The molecule has 2 aromatic carbocycles. The first-order valence-corrected chi connectivity index (χ1v) is 8.44. The van der Waals surface area contributed by atoms with E-state index >= 15 is 0 Å². The van der Waals surface area contributed by atoms with Gasteiger partial charge in [-0.15, -0.1) is 0 Å². The lowest BCUT2D eigenvalue weighted by molar-refractivity contribution is -0.141. The normalized spacial score (nSPS) is 10.9. The van der Waals surface area contributed by atoms with Crippen LogP contribution in [-0.4, -0.2) is 25.1 Å². The first kappa shape index (κ1) is 18.7. The highest BCUT2D eigenvalue weighted by Gasteiger charge is 2.12. The molecule has 1 amide bonds. The van der Waals surface area contributed by atoms with Crippen LogP contribution in [-0.2, 0) is 14.3 Å². The molecule has 0 atom stereocenters. The summed E-state index contributed by atoms with van der Waals surface area (Å²) in [6, 6.07) is 16.6. The number of carbonyl (C=O) groups excluding carboxylic acids is 2. The molecule has 0 saturated heterocycles. The third kappa shape index (κ3) is 6.81. The van der Waals surface area contributed by atoms with E-state index in [9.17, 15) is 9.59 Å². The molecule has 0 heterocycles. The molecule has 6 heteroatoms. The molecule has 0 spiro atoms. The molecule has 0 radical (unpaired) electrons. The molecule has 0 bridgehead atoms. The van der Waals surface area contributed by atoms with Gasteiger partial charge in [-0.05, 0) is 29.8 Å². The van der Waals surface area contributed by atoms with Crippen LogP contribution >= 0.6 is 15.9 Å². The number of esters is 1. The summed E-state index contributed by atoms with van der Waals surface area (Å²) in [7, 11) is 0. The van der Waals surface area contributed by atoms with Crippen LogP contribution in [0.4, 0.5) is 0 Å². The van der Waals surface area contributed by atoms with Gasteiger partial charge in [-0.3, -0.25) is 4.79 Å². The second kappa shape index (κ2) is 9.64. The van der Waals surface area contributed by atoms with Crippen molar-refractivity contribution >= 4 is 33.9 Å². The Kier molecular flexibility index (Phi) is 7.22. The van der Waals surface area contributed by atoms with Gasteiger partial charge in [0, 0.05) is 11.4 Å². The van der Waals surface area contributed by atoms with E-state index in [1.54, 1.807) is 6.08 Å². The van der Waals surface area contributed by atoms with Crippen molar-refractivity contribution in [1.82, 2.24) is 5.32 Å². The number of carbonyl (C=O) groups is 2. The van der Waals surface area contributed by atoms with Gasteiger partial charge in [0.25, 0.3) is 0 Å². The Morgan fingerprint density at radius 3 is 2.52 bits per heavy atom. The molecule has 5 nitrogen and oxygen atoms in total. The molecule has 0 aromatic heterocycles. The monoisotopic (exact) mass is 403 g/mol. The van der Waals surface area contributed by atoms with Crippen molar-refractivity contribution in [1.29, 1.82) is 0 Å². The number of halogens is 1. The van der Waals surface area contributed by atoms with Gasteiger partial charge in [-0.2, -0.15) is 0 Å². The van der Waals surface area contributed by atoms with Gasteiger partial charge in [-0.1, -0.05) is 52.3 Å². The molecule has 130 valence electrons. The van der Waals surface area contributed by atoms with Gasteiger partial charge in [0.2, 0.25) is 5.91 Å². The lowest BCUT2D eigenvalue weighted by Crippen LogP contribution is -2.27.